The van der Waals surface area contributed by atoms with Crippen LogP contribution in [0.3, 0.4) is 0 Å². The summed E-state index contributed by atoms with van der Waals surface area (Å²) in [5, 5.41) is 3.16. The van der Waals surface area contributed by atoms with Gasteiger partial charge in [-0.05, 0) is 6.42 Å². The van der Waals surface area contributed by atoms with Gasteiger partial charge in [0, 0.05) is 20.1 Å². The van der Waals surface area contributed by atoms with E-state index in [4.69, 9.17) is 0 Å². The molecule has 0 saturated carbocycles. The van der Waals surface area contributed by atoms with Crippen molar-refractivity contribution in [3.63, 3.8) is 0 Å². The first-order valence-corrected chi connectivity index (χ1v) is 2.94. The minimum Gasteiger partial charge on any atom is -0.372 e. The maximum atomic E-state index is 3.81. The van der Waals surface area contributed by atoms with Crippen LogP contribution in [-0.4, -0.2) is 25.0 Å². The first-order chi connectivity index (χ1) is 3.80. The smallest absolute Gasteiger partial charge is 0.0936 e. The molecule has 2 nitrogen and oxygen atoms in total. The van der Waals surface area contributed by atoms with E-state index in [9.17, 15) is 0 Å². The van der Waals surface area contributed by atoms with Crippen molar-refractivity contribution in [2.75, 3.05) is 20.1 Å². The third kappa shape index (κ3) is 0.941. The number of hydrogen-bond donors (Lipinski definition) is 1. The Morgan fingerprint density at radius 2 is 2.50 bits per heavy atom. The maximum absolute atomic E-state index is 3.81. The molecule has 0 aromatic heterocycles. The molecule has 46 valence electrons. The van der Waals surface area contributed by atoms with Crippen molar-refractivity contribution in [3.8, 4) is 0 Å². The Morgan fingerprint density at radius 1 is 1.75 bits per heavy atom. The lowest BCUT2D eigenvalue weighted by molar-refractivity contribution is 0.336. The standard InChI is InChI=1S/C6H12N2/c1-6-7-4-3-5-8(6)2/h7H,1,3-5H2,2H3. The van der Waals surface area contributed by atoms with Crippen LogP contribution in [0, 0.1) is 0 Å². The highest BCUT2D eigenvalue weighted by Gasteiger charge is 2.04. The summed E-state index contributed by atoms with van der Waals surface area (Å²) in [6.45, 7) is 6.04. The maximum Gasteiger partial charge on any atom is 0.0936 e. The second kappa shape index (κ2) is 2.07. The number of nitrogens with zero attached hydrogens (tertiary/aromatic N) is 1. The molecule has 1 N–H and O–H groups in total. The first-order valence-electron chi connectivity index (χ1n) is 2.94. The lowest BCUT2D eigenvalue weighted by atomic mass is 10.3. The van der Waals surface area contributed by atoms with Gasteiger partial charge in [0.1, 0.15) is 0 Å². The molecule has 1 heterocycles. The van der Waals surface area contributed by atoms with E-state index in [1.54, 1.807) is 0 Å². The van der Waals surface area contributed by atoms with Crippen molar-refractivity contribution in [3.05, 3.63) is 12.4 Å². The van der Waals surface area contributed by atoms with Crippen LogP contribution < -0.4 is 5.32 Å². The van der Waals surface area contributed by atoms with Crippen LogP contribution in [-0.2, 0) is 0 Å². The van der Waals surface area contributed by atoms with Crippen molar-refractivity contribution in [2.24, 2.45) is 0 Å². The topological polar surface area (TPSA) is 15.3 Å². The minimum absolute atomic E-state index is 1.05. The van der Waals surface area contributed by atoms with E-state index < -0.39 is 0 Å². The fourth-order valence-electron chi connectivity index (χ4n) is 0.819. The zero-order valence-corrected chi connectivity index (χ0v) is 5.28. The molecule has 8 heavy (non-hydrogen) atoms. The van der Waals surface area contributed by atoms with Crippen LogP contribution in [0.15, 0.2) is 12.4 Å². The molecule has 1 rings (SSSR count). The molecule has 1 saturated heterocycles. The monoisotopic (exact) mass is 112 g/mol. The van der Waals surface area contributed by atoms with E-state index in [0.29, 0.717) is 0 Å². The van der Waals surface area contributed by atoms with Gasteiger partial charge in [0.25, 0.3) is 0 Å². The fraction of sp³-hybridized carbons (Fsp3) is 0.667. The summed E-state index contributed by atoms with van der Waals surface area (Å²) in [6, 6.07) is 0. The third-order valence-electron chi connectivity index (χ3n) is 1.46. The van der Waals surface area contributed by atoms with Gasteiger partial charge in [-0.1, -0.05) is 6.58 Å². The molecular weight excluding hydrogens is 100 g/mol. The molecule has 0 spiro atoms. The average Bonchev–Trinajstić information content (AvgIpc) is 1.77. The van der Waals surface area contributed by atoms with E-state index >= 15 is 0 Å². The molecule has 1 aliphatic heterocycles. The van der Waals surface area contributed by atoms with Gasteiger partial charge in [-0.3, -0.25) is 0 Å². The summed E-state index contributed by atoms with van der Waals surface area (Å²) >= 11 is 0. The van der Waals surface area contributed by atoms with E-state index in [-0.39, 0.29) is 0 Å². The second-order valence-corrected chi connectivity index (χ2v) is 2.15. The summed E-state index contributed by atoms with van der Waals surface area (Å²) in [4.78, 5) is 2.13. The zero-order chi connectivity index (χ0) is 5.98. The predicted molar refractivity (Wildman–Crippen MR) is 34.4 cm³/mol. The van der Waals surface area contributed by atoms with Crippen molar-refractivity contribution in [2.45, 2.75) is 6.42 Å². The Bertz CT molecular complexity index is 98.7. The van der Waals surface area contributed by atoms with Crippen molar-refractivity contribution in [1.82, 2.24) is 10.2 Å². The van der Waals surface area contributed by atoms with Gasteiger partial charge in [-0.15, -0.1) is 0 Å². The molecule has 0 aromatic carbocycles. The lowest BCUT2D eigenvalue weighted by Crippen LogP contribution is -2.35. The Hall–Kier alpha value is -0.660. The Morgan fingerprint density at radius 3 is 2.88 bits per heavy atom. The number of hydrogen-bond acceptors (Lipinski definition) is 2. The number of nitrogens with one attached hydrogen (secondary N) is 1. The van der Waals surface area contributed by atoms with E-state index in [0.717, 1.165) is 18.9 Å². The van der Waals surface area contributed by atoms with E-state index in [1.807, 2.05) is 0 Å². The third-order valence-corrected chi connectivity index (χ3v) is 1.46. The molecule has 0 amide bonds. The van der Waals surface area contributed by atoms with E-state index in [1.165, 1.54) is 6.42 Å². The van der Waals surface area contributed by atoms with Gasteiger partial charge >= 0.3 is 0 Å². The average molecular weight is 112 g/mol. The van der Waals surface area contributed by atoms with Crippen LogP contribution in [0.25, 0.3) is 0 Å². The van der Waals surface area contributed by atoms with Crippen LogP contribution >= 0.6 is 0 Å². The Labute approximate surface area is 50.2 Å². The van der Waals surface area contributed by atoms with Crippen molar-refractivity contribution >= 4 is 0 Å². The predicted octanol–water partition coefficient (Wildman–Crippen LogP) is 0.383. The molecule has 0 aromatic rings. The van der Waals surface area contributed by atoms with Gasteiger partial charge in [-0.25, -0.2) is 0 Å². The quantitative estimate of drug-likeness (QED) is 0.487. The molecule has 2 heteroatoms. The van der Waals surface area contributed by atoms with Gasteiger partial charge < -0.3 is 10.2 Å². The zero-order valence-electron chi connectivity index (χ0n) is 5.28. The van der Waals surface area contributed by atoms with Crippen LogP contribution in [0.2, 0.25) is 0 Å². The summed E-state index contributed by atoms with van der Waals surface area (Å²) in [7, 11) is 2.05. The van der Waals surface area contributed by atoms with Crippen LogP contribution in [0.1, 0.15) is 6.42 Å². The molecule has 1 aliphatic rings. The highest BCUT2D eigenvalue weighted by atomic mass is 15.2. The summed E-state index contributed by atoms with van der Waals surface area (Å²) in [6.07, 6.45) is 1.23. The van der Waals surface area contributed by atoms with Crippen LogP contribution in [0.5, 0.6) is 0 Å². The van der Waals surface area contributed by atoms with Gasteiger partial charge in [0.05, 0.1) is 5.82 Å². The molecule has 1 fully saturated rings. The molecule has 0 radical (unpaired) electrons. The minimum atomic E-state index is 1.05. The second-order valence-electron chi connectivity index (χ2n) is 2.15. The van der Waals surface area contributed by atoms with Gasteiger partial charge in [0.15, 0.2) is 0 Å². The first kappa shape index (κ1) is 5.48. The van der Waals surface area contributed by atoms with Gasteiger partial charge in [0.2, 0.25) is 0 Å². The largest absolute Gasteiger partial charge is 0.372 e. The molecule has 0 atom stereocenters. The molecule has 0 unspecified atom stereocenters. The van der Waals surface area contributed by atoms with Crippen molar-refractivity contribution in [1.29, 1.82) is 0 Å². The Balaban J connectivity index is 2.39. The van der Waals surface area contributed by atoms with E-state index in [2.05, 4.69) is 23.8 Å². The summed E-state index contributed by atoms with van der Waals surface area (Å²) in [5.74, 6) is 1.05. The highest BCUT2D eigenvalue weighted by Crippen LogP contribution is 2.00. The highest BCUT2D eigenvalue weighted by molar-refractivity contribution is 4.92. The molecular formula is C6H12N2. The number of rotatable bonds is 0. The van der Waals surface area contributed by atoms with Gasteiger partial charge in [-0.2, -0.15) is 0 Å². The fourth-order valence-corrected chi connectivity index (χ4v) is 0.819. The summed E-state index contributed by atoms with van der Waals surface area (Å²) < 4.78 is 0. The SMILES string of the molecule is C=C1NCCCN1C. The lowest BCUT2D eigenvalue weighted by Gasteiger charge is -2.27. The van der Waals surface area contributed by atoms with Crippen LogP contribution in [0.4, 0.5) is 0 Å². The van der Waals surface area contributed by atoms with Crippen molar-refractivity contribution < 1.29 is 0 Å². The molecule has 0 aliphatic carbocycles. The Kier molecular flexibility index (Phi) is 1.42. The molecule has 0 bridgehead atoms. The summed E-state index contributed by atoms with van der Waals surface area (Å²) in [5.41, 5.74) is 0. The normalized spacial score (nSPS) is 20.6.